The summed E-state index contributed by atoms with van der Waals surface area (Å²) < 4.78 is 5.49. The van der Waals surface area contributed by atoms with Crippen LogP contribution in [0.3, 0.4) is 0 Å². The number of nitrogens with zero attached hydrogens (tertiary/aromatic N) is 1. The second-order valence-corrected chi connectivity index (χ2v) is 5.30. The molecule has 0 spiro atoms. The lowest BCUT2D eigenvalue weighted by atomic mass is 9.97. The van der Waals surface area contributed by atoms with Gasteiger partial charge in [0, 0.05) is 13.1 Å². The number of urea groups is 1. The summed E-state index contributed by atoms with van der Waals surface area (Å²) in [6.45, 7) is 4.77. The zero-order valence-electron chi connectivity index (χ0n) is 11.9. The lowest BCUT2D eigenvalue weighted by Crippen LogP contribution is -2.47. The molecule has 1 aromatic heterocycles. The summed E-state index contributed by atoms with van der Waals surface area (Å²) in [5.74, 6) is 1.30. The van der Waals surface area contributed by atoms with Crippen LogP contribution in [-0.4, -0.2) is 29.9 Å². The van der Waals surface area contributed by atoms with Gasteiger partial charge in [-0.1, -0.05) is 0 Å². The van der Waals surface area contributed by atoms with E-state index in [0.717, 1.165) is 24.4 Å². The van der Waals surface area contributed by atoms with E-state index in [1.165, 1.54) is 4.90 Å². The normalized spacial score (nSPS) is 20.5. The standard InChI is InChI=1S/C14H21N3O3/c1-9-5-6-12(20-9)10(2)16-13(18)11-4-3-7-17(8-11)14(15)19/h5-6,10-11H,3-4,7-8H2,1-2H3,(H2,15,19)(H,16,18)/t10-,11+/m0/s1. The second kappa shape index (κ2) is 5.98. The Bertz CT molecular complexity index is 498. The summed E-state index contributed by atoms with van der Waals surface area (Å²) in [4.78, 5) is 24.9. The van der Waals surface area contributed by atoms with E-state index >= 15 is 0 Å². The number of hydrogen-bond donors (Lipinski definition) is 2. The third-order valence-corrected chi connectivity index (χ3v) is 3.65. The maximum Gasteiger partial charge on any atom is 0.314 e. The molecule has 0 aliphatic carbocycles. The molecule has 1 aliphatic heterocycles. The fourth-order valence-electron chi connectivity index (χ4n) is 2.48. The smallest absolute Gasteiger partial charge is 0.314 e. The number of rotatable bonds is 3. The van der Waals surface area contributed by atoms with Gasteiger partial charge >= 0.3 is 6.03 Å². The van der Waals surface area contributed by atoms with Gasteiger partial charge in [-0.15, -0.1) is 0 Å². The van der Waals surface area contributed by atoms with E-state index in [-0.39, 0.29) is 17.9 Å². The SMILES string of the molecule is Cc1ccc([C@H](C)NC(=O)[C@@H]2CCCN(C(N)=O)C2)o1. The van der Waals surface area contributed by atoms with Gasteiger partial charge in [0.25, 0.3) is 0 Å². The Morgan fingerprint density at radius 3 is 2.85 bits per heavy atom. The van der Waals surface area contributed by atoms with E-state index in [0.29, 0.717) is 13.1 Å². The van der Waals surface area contributed by atoms with Crippen LogP contribution in [0.15, 0.2) is 16.5 Å². The number of furan rings is 1. The second-order valence-electron chi connectivity index (χ2n) is 5.30. The number of likely N-dealkylation sites (tertiary alicyclic amines) is 1. The molecule has 0 radical (unpaired) electrons. The van der Waals surface area contributed by atoms with Gasteiger partial charge in [-0.25, -0.2) is 4.79 Å². The van der Waals surface area contributed by atoms with E-state index in [4.69, 9.17) is 10.2 Å². The van der Waals surface area contributed by atoms with Crippen LogP contribution in [0.2, 0.25) is 0 Å². The molecule has 3 amide bonds. The van der Waals surface area contributed by atoms with Crippen LogP contribution < -0.4 is 11.1 Å². The van der Waals surface area contributed by atoms with Crippen LogP contribution in [0.25, 0.3) is 0 Å². The molecule has 6 nitrogen and oxygen atoms in total. The maximum atomic E-state index is 12.2. The van der Waals surface area contributed by atoms with Gasteiger partial charge in [-0.2, -0.15) is 0 Å². The average molecular weight is 279 g/mol. The monoisotopic (exact) mass is 279 g/mol. The number of nitrogens with one attached hydrogen (secondary N) is 1. The van der Waals surface area contributed by atoms with E-state index < -0.39 is 6.03 Å². The Hall–Kier alpha value is -1.98. The van der Waals surface area contributed by atoms with Crippen molar-refractivity contribution in [2.45, 2.75) is 32.7 Å². The first-order valence-electron chi connectivity index (χ1n) is 6.88. The lowest BCUT2D eigenvalue weighted by molar-refractivity contribution is -0.127. The number of hydrogen-bond acceptors (Lipinski definition) is 3. The summed E-state index contributed by atoms with van der Waals surface area (Å²) in [6, 6.07) is 3.09. The van der Waals surface area contributed by atoms with Crippen molar-refractivity contribution in [3.8, 4) is 0 Å². The number of nitrogens with two attached hydrogens (primary N) is 1. The minimum Gasteiger partial charge on any atom is -0.464 e. The summed E-state index contributed by atoms with van der Waals surface area (Å²) in [5, 5.41) is 2.93. The molecule has 2 atom stereocenters. The molecule has 3 N–H and O–H groups in total. The Balaban J connectivity index is 1.92. The number of carbonyl (C=O) groups is 2. The van der Waals surface area contributed by atoms with Gasteiger partial charge in [-0.3, -0.25) is 4.79 Å². The molecule has 2 rings (SSSR count). The first-order valence-corrected chi connectivity index (χ1v) is 6.88. The van der Waals surface area contributed by atoms with Gasteiger partial charge in [0.2, 0.25) is 5.91 Å². The third-order valence-electron chi connectivity index (χ3n) is 3.65. The molecule has 2 heterocycles. The molecule has 20 heavy (non-hydrogen) atoms. The summed E-state index contributed by atoms with van der Waals surface area (Å²) in [5.41, 5.74) is 5.26. The molecule has 110 valence electrons. The highest BCUT2D eigenvalue weighted by Crippen LogP contribution is 2.20. The van der Waals surface area contributed by atoms with Crippen LogP contribution in [-0.2, 0) is 4.79 Å². The van der Waals surface area contributed by atoms with Crippen LogP contribution in [0, 0.1) is 12.8 Å². The Morgan fingerprint density at radius 2 is 2.25 bits per heavy atom. The van der Waals surface area contributed by atoms with Crippen molar-refractivity contribution in [1.82, 2.24) is 10.2 Å². The third kappa shape index (κ3) is 3.31. The van der Waals surface area contributed by atoms with Crippen LogP contribution >= 0.6 is 0 Å². The largest absolute Gasteiger partial charge is 0.464 e. The molecular formula is C14H21N3O3. The first-order chi connectivity index (χ1) is 9.47. The molecule has 0 aromatic carbocycles. The summed E-state index contributed by atoms with van der Waals surface area (Å²) in [7, 11) is 0. The molecule has 1 fully saturated rings. The van der Waals surface area contributed by atoms with Crippen molar-refractivity contribution in [3.63, 3.8) is 0 Å². The number of aryl methyl sites for hydroxylation is 1. The molecular weight excluding hydrogens is 258 g/mol. The Labute approximate surface area is 118 Å². The molecule has 1 saturated heterocycles. The van der Waals surface area contributed by atoms with Gasteiger partial charge in [0.05, 0.1) is 12.0 Å². The van der Waals surface area contributed by atoms with E-state index in [9.17, 15) is 9.59 Å². The topological polar surface area (TPSA) is 88.6 Å². The van der Waals surface area contributed by atoms with E-state index in [2.05, 4.69) is 5.32 Å². The zero-order chi connectivity index (χ0) is 14.7. The highest BCUT2D eigenvalue weighted by molar-refractivity contribution is 5.80. The number of piperidine rings is 1. The Morgan fingerprint density at radius 1 is 1.50 bits per heavy atom. The highest BCUT2D eigenvalue weighted by atomic mass is 16.3. The quantitative estimate of drug-likeness (QED) is 0.880. The summed E-state index contributed by atoms with van der Waals surface area (Å²) >= 11 is 0. The van der Waals surface area contributed by atoms with Gasteiger partial charge in [-0.05, 0) is 38.8 Å². The molecule has 1 aliphatic rings. The number of carbonyl (C=O) groups excluding carboxylic acids is 2. The highest BCUT2D eigenvalue weighted by Gasteiger charge is 2.28. The molecule has 0 bridgehead atoms. The van der Waals surface area contributed by atoms with E-state index in [1.54, 1.807) is 0 Å². The van der Waals surface area contributed by atoms with E-state index in [1.807, 2.05) is 26.0 Å². The van der Waals surface area contributed by atoms with Crippen molar-refractivity contribution in [1.29, 1.82) is 0 Å². The van der Waals surface area contributed by atoms with Crippen LogP contribution in [0.4, 0.5) is 4.79 Å². The predicted molar refractivity (Wildman–Crippen MR) is 73.9 cm³/mol. The van der Waals surface area contributed by atoms with Crippen LogP contribution in [0.1, 0.15) is 37.3 Å². The lowest BCUT2D eigenvalue weighted by Gasteiger charge is -2.31. The summed E-state index contributed by atoms with van der Waals surface area (Å²) in [6.07, 6.45) is 1.58. The van der Waals surface area contributed by atoms with Gasteiger partial charge in [0.1, 0.15) is 11.5 Å². The van der Waals surface area contributed by atoms with Crippen molar-refractivity contribution in [2.24, 2.45) is 11.7 Å². The van der Waals surface area contributed by atoms with Gasteiger partial charge < -0.3 is 20.4 Å². The molecule has 0 saturated carbocycles. The number of primary amides is 1. The van der Waals surface area contributed by atoms with Crippen LogP contribution in [0.5, 0.6) is 0 Å². The maximum absolute atomic E-state index is 12.2. The minimum absolute atomic E-state index is 0.0579. The Kier molecular flexibility index (Phi) is 4.32. The average Bonchev–Trinajstić information content (AvgIpc) is 2.85. The predicted octanol–water partition coefficient (Wildman–Crippen LogP) is 1.56. The first kappa shape index (κ1) is 14.4. The minimum atomic E-state index is -0.461. The fourth-order valence-corrected chi connectivity index (χ4v) is 2.48. The molecule has 0 unspecified atom stereocenters. The van der Waals surface area contributed by atoms with Crippen molar-refractivity contribution in [2.75, 3.05) is 13.1 Å². The zero-order valence-corrected chi connectivity index (χ0v) is 11.9. The fraction of sp³-hybridized carbons (Fsp3) is 0.571. The van der Waals surface area contributed by atoms with Gasteiger partial charge in [0.15, 0.2) is 0 Å². The van der Waals surface area contributed by atoms with Crippen molar-refractivity contribution < 1.29 is 14.0 Å². The molecule has 6 heteroatoms. The molecule has 1 aromatic rings. The number of amides is 3. The van der Waals surface area contributed by atoms with Crippen molar-refractivity contribution in [3.05, 3.63) is 23.7 Å². The van der Waals surface area contributed by atoms with Crippen molar-refractivity contribution >= 4 is 11.9 Å².